The molecule has 0 radical (unpaired) electrons. The van der Waals surface area contributed by atoms with Crippen LogP contribution >= 0.6 is 0 Å². The van der Waals surface area contributed by atoms with Crippen molar-refractivity contribution in [2.24, 2.45) is 16.7 Å². The second kappa shape index (κ2) is 7.68. The molecular formula is C25H37FN2O. The predicted octanol–water partition coefficient (Wildman–Crippen LogP) is 4.71. The topological polar surface area (TPSA) is 32.3 Å². The van der Waals surface area contributed by atoms with E-state index in [4.69, 9.17) is 0 Å². The molecule has 0 spiro atoms. The minimum Gasteiger partial charge on any atom is -0.342 e. The highest BCUT2D eigenvalue weighted by molar-refractivity contribution is 5.83. The number of nitrogens with zero attached hydrogens (tertiary/aromatic N) is 1. The number of halogens is 1. The normalized spacial score (nSPS) is 37.9. The van der Waals surface area contributed by atoms with Crippen molar-refractivity contribution in [2.45, 2.75) is 70.3 Å². The molecule has 4 heteroatoms. The molecule has 1 amide bonds. The van der Waals surface area contributed by atoms with Gasteiger partial charge in [0.15, 0.2) is 0 Å². The number of hydrogen-bond acceptors (Lipinski definition) is 2. The van der Waals surface area contributed by atoms with Crippen LogP contribution in [0.2, 0.25) is 0 Å². The molecule has 1 aliphatic heterocycles. The lowest BCUT2D eigenvalue weighted by molar-refractivity contribution is -0.150. The van der Waals surface area contributed by atoms with Crippen molar-refractivity contribution in [3.05, 3.63) is 35.9 Å². The monoisotopic (exact) mass is 400 g/mol. The van der Waals surface area contributed by atoms with Crippen LogP contribution in [0.25, 0.3) is 0 Å². The Morgan fingerprint density at radius 3 is 2.45 bits per heavy atom. The van der Waals surface area contributed by atoms with E-state index in [1.165, 1.54) is 5.56 Å². The van der Waals surface area contributed by atoms with Gasteiger partial charge in [-0.05, 0) is 80.3 Å². The summed E-state index contributed by atoms with van der Waals surface area (Å²) in [5.74, 6) is 0.715. The number of piperidine rings is 1. The molecule has 1 saturated heterocycles. The van der Waals surface area contributed by atoms with Crippen molar-refractivity contribution >= 4 is 5.91 Å². The van der Waals surface area contributed by atoms with Crippen LogP contribution in [0.4, 0.5) is 4.39 Å². The molecule has 0 aromatic heterocycles. The number of alkyl halides is 1. The number of rotatable bonds is 4. The van der Waals surface area contributed by atoms with Crippen molar-refractivity contribution in [1.82, 2.24) is 10.2 Å². The SMILES string of the molecule is CN(C(=O)C1(C)CC2CC(c3ccccc3)(C1)C[C@@](C)(CF)C2)C1CCNCC1. The van der Waals surface area contributed by atoms with Crippen LogP contribution in [-0.2, 0) is 10.2 Å². The molecule has 1 aromatic rings. The van der Waals surface area contributed by atoms with Crippen LogP contribution in [0.15, 0.2) is 30.3 Å². The molecule has 2 aliphatic carbocycles. The first-order valence-electron chi connectivity index (χ1n) is 11.4. The van der Waals surface area contributed by atoms with E-state index < -0.39 is 0 Å². The number of nitrogens with one attached hydrogen (secondary N) is 1. The molecule has 1 N–H and O–H groups in total. The summed E-state index contributed by atoms with van der Waals surface area (Å²) in [7, 11) is 2.01. The lowest BCUT2D eigenvalue weighted by atomic mass is 9.47. The molecule has 3 aliphatic rings. The lowest BCUT2D eigenvalue weighted by Gasteiger charge is -2.57. The molecule has 3 fully saturated rings. The smallest absolute Gasteiger partial charge is 0.228 e. The standard InChI is InChI=1S/C25H37FN2O/c1-23(18-26)13-19-14-24(2,22(29)28(3)21-9-11-27-12-10-21)17-25(15-19,16-23)20-7-5-4-6-8-20/h4-8,19,21,27H,9-18H2,1-3H3/t19?,23-,24?,25?/m0/s1. The Balaban J connectivity index is 1.66. The average molecular weight is 401 g/mol. The molecule has 1 heterocycles. The number of carbonyl (C=O) groups is 1. The van der Waals surface area contributed by atoms with Crippen LogP contribution in [-0.4, -0.2) is 43.7 Å². The van der Waals surface area contributed by atoms with Gasteiger partial charge in [-0.2, -0.15) is 0 Å². The van der Waals surface area contributed by atoms with E-state index >= 15 is 0 Å². The summed E-state index contributed by atoms with van der Waals surface area (Å²) >= 11 is 0. The fourth-order valence-electron chi connectivity index (χ4n) is 7.18. The molecule has 4 rings (SSSR count). The van der Waals surface area contributed by atoms with Gasteiger partial charge in [0.1, 0.15) is 0 Å². The number of fused-ring (bicyclic) bond motifs is 2. The molecule has 4 atom stereocenters. The Kier molecular flexibility index (Phi) is 5.52. The number of amides is 1. The van der Waals surface area contributed by atoms with Gasteiger partial charge in [0.05, 0.1) is 6.67 Å². The summed E-state index contributed by atoms with van der Waals surface area (Å²) in [6.07, 6.45) is 6.63. The maximum atomic E-state index is 14.1. The highest BCUT2D eigenvalue weighted by atomic mass is 19.1. The molecule has 160 valence electrons. The van der Waals surface area contributed by atoms with E-state index in [-0.39, 0.29) is 22.9 Å². The summed E-state index contributed by atoms with van der Waals surface area (Å²) in [4.78, 5) is 15.8. The van der Waals surface area contributed by atoms with E-state index in [0.717, 1.165) is 58.0 Å². The lowest BCUT2D eigenvalue weighted by Crippen LogP contribution is -2.56. The third kappa shape index (κ3) is 3.85. The second-order valence-electron chi connectivity index (χ2n) is 10.9. The van der Waals surface area contributed by atoms with Crippen LogP contribution in [0.5, 0.6) is 0 Å². The first-order chi connectivity index (χ1) is 13.8. The van der Waals surface area contributed by atoms with E-state index in [1.807, 2.05) is 13.1 Å². The van der Waals surface area contributed by atoms with E-state index in [2.05, 4.69) is 48.3 Å². The summed E-state index contributed by atoms with van der Waals surface area (Å²) < 4.78 is 14.1. The van der Waals surface area contributed by atoms with E-state index in [0.29, 0.717) is 17.9 Å². The third-order valence-corrected chi connectivity index (χ3v) is 8.10. The van der Waals surface area contributed by atoms with Gasteiger partial charge in [0.25, 0.3) is 0 Å². The molecule has 1 aromatic carbocycles. The summed E-state index contributed by atoms with van der Waals surface area (Å²) in [5, 5.41) is 3.40. The first kappa shape index (κ1) is 20.8. The highest BCUT2D eigenvalue weighted by Gasteiger charge is 2.57. The van der Waals surface area contributed by atoms with Gasteiger partial charge in [-0.1, -0.05) is 44.2 Å². The maximum absolute atomic E-state index is 14.1. The van der Waals surface area contributed by atoms with E-state index in [9.17, 15) is 9.18 Å². The van der Waals surface area contributed by atoms with Crippen molar-refractivity contribution in [1.29, 1.82) is 0 Å². The zero-order valence-corrected chi connectivity index (χ0v) is 18.3. The van der Waals surface area contributed by atoms with Crippen LogP contribution in [0, 0.1) is 16.7 Å². The van der Waals surface area contributed by atoms with Crippen molar-refractivity contribution in [3.8, 4) is 0 Å². The molecule has 2 saturated carbocycles. The first-order valence-corrected chi connectivity index (χ1v) is 11.4. The summed E-state index contributed by atoms with van der Waals surface area (Å²) in [5.41, 5.74) is 0.565. The van der Waals surface area contributed by atoms with Gasteiger partial charge in [-0.25, -0.2) is 0 Å². The fraction of sp³-hybridized carbons (Fsp3) is 0.720. The largest absolute Gasteiger partial charge is 0.342 e. The Morgan fingerprint density at radius 2 is 1.79 bits per heavy atom. The zero-order chi connectivity index (χ0) is 20.7. The zero-order valence-electron chi connectivity index (χ0n) is 18.3. The van der Waals surface area contributed by atoms with Gasteiger partial charge in [-0.15, -0.1) is 0 Å². The van der Waals surface area contributed by atoms with Crippen LogP contribution in [0.3, 0.4) is 0 Å². The Morgan fingerprint density at radius 1 is 1.10 bits per heavy atom. The Labute approximate surface area is 175 Å². The van der Waals surface area contributed by atoms with Gasteiger partial charge in [-0.3, -0.25) is 9.18 Å². The molecule has 3 nitrogen and oxygen atoms in total. The van der Waals surface area contributed by atoms with Gasteiger partial charge < -0.3 is 10.2 Å². The van der Waals surface area contributed by atoms with E-state index in [1.54, 1.807) is 0 Å². The average Bonchev–Trinajstić information content (AvgIpc) is 2.73. The third-order valence-electron chi connectivity index (χ3n) is 8.10. The minimum atomic E-state index is -0.365. The fourth-order valence-corrected chi connectivity index (χ4v) is 7.18. The van der Waals surface area contributed by atoms with Gasteiger partial charge >= 0.3 is 0 Å². The van der Waals surface area contributed by atoms with Gasteiger partial charge in [0, 0.05) is 18.5 Å². The number of benzene rings is 1. The number of hydrogen-bond donors (Lipinski definition) is 1. The van der Waals surface area contributed by atoms with Crippen LogP contribution < -0.4 is 5.32 Å². The maximum Gasteiger partial charge on any atom is 0.228 e. The molecule has 3 unspecified atom stereocenters. The quantitative estimate of drug-likeness (QED) is 0.794. The predicted molar refractivity (Wildman–Crippen MR) is 116 cm³/mol. The highest BCUT2D eigenvalue weighted by Crippen LogP contribution is 2.61. The molecule has 29 heavy (non-hydrogen) atoms. The van der Waals surface area contributed by atoms with Crippen LogP contribution in [0.1, 0.15) is 64.4 Å². The van der Waals surface area contributed by atoms with Crippen molar-refractivity contribution < 1.29 is 9.18 Å². The van der Waals surface area contributed by atoms with Gasteiger partial charge in [0.2, 0.25) is 5.91 Å². The second-order valence-corrected chi connectivity index (χ2v) is 10.9. The molecule has 2 bridgehead atoms. The van der Waals surface area contributed by atoms with Crippen molar-refractivity contribution in [3.63, 3.8) is 0 Å². The Bertz CT molecular complexity index is 734. The Hall–Kier alpha value is -1.42. The summed E-state index contributed by atoms with van der Waals surface area (Å²) in [6.45, 7) is 6.02. The summed E-state index contributed by atoms with van der Waals surface area (Å²) in [6, 6.07) is 11.0. The van der Waals surface area contributed by atoms with Crippen molar-refractivity contribution in [2.75, 3.05) is 26.8 Å². The minimum absolute atomic E-state index is 0.0946. The molecular weight excluding hydrogens is 363 g/mol. The number of carbonyl (C=O) groups excluding carboxylic acids is 1.